The van der Waals surface area contributed by atoms with Gasteiger partial charge in [0.05, 0.1) is 0 Å². The first-order chi connectivity index (χ1) is 10.5. The normalized spacial score (nSPS) is 11.8. The molecule has 0 aliphatic rings. The molecule has 0 aromatic heterocycles. The van der Waals surface area contributed by atoms with Crippen LogP contribution >= 0.6 is 0 Å². The molecule has 0 bridgehead atoms. The monoisotopic (exact) mass is 299 g/mol. The molecule has 2 aromatic carbocycles. The van der Waals surface area contributed by atoms with Crippen LogP contribution in [0.2, 0.25) is 0 Å². The molecule has 22 heavy (non-hydrogen) atoms. The molecular formula is C20H26FN. The Labute approximate surface area is 133 Å². The van der Waals surface area contributed by atoms with E-state index in [1.165, 1.54) is 11.1 Å². The highest BCUT2D eigenvalue weighted by atomic mass is 19.1. The summed E-state index contributed by atoms with van der Waals surface area (Å²) in [5.74, 6) is 0. The second-order valence-corrected chi connectivity index (χ2v) is 6.50. The molecule has 2 rings (SSSR count). The molecule has 0 fully saturated rings. The summed E-state index contributed by atoms with van der Waals surface area (Å²) >= 11 is 0. The largest absolute Gasteiger partial charge is 0.295 e. The van der Waals surface area contributed by atoms with Crippen molar-refractivity contribution < 1.29 is 4.39 Å². The van der Waals surface area contributed by atoms with Crippen molar-refractivity contribution >= 4 is 0 Å². The molecule has 0 saturated carbocycles. The molecule has 0 N–H and O–H groups in total. The quantitative estimate of drug-likeness (QED) is 0.646. The smallest absolute Gasteiger partial charge is 0.105 e. The number of benzene rings is 2. The fourth-order valence-electron chi connectivity index (χ4n) is 2.62. The summed E-state index contributed by atoms with van der Waals surface area (Å²) in [6.45, 7) is 6.04. The van der Waals surface area contributed by atoms with Gasteiger partial charge in [0.1, 0.15) is 5.67 Å². The predicted octanol–water partition coefficient (Wildman–Crippen LogP) is 5.22. The van der Waals surface area contributed by atoms with E-state index in [0.29, 0.717) is 6.42 Å². The van der Waals surface area contributed by atoms with E-state index >= 15 is 0 Å². The molecular weight excluding hydrogens is 273 g/mol. The number of halogens is 1. The third-order valence-electron chi connectivity index (χ3n) is 3.74. The van der Waals surface area contributed by atoms with Gasteiger partial charge in [0.2, 0.25) is 0 Å². The van der Waals surface area contributed by atoms with Crippen LogP contribution in [0.4, 0.5) is 4.39 Å². The van der Waals surface area contributed by atoms with Gasteiger partial charge in [0, 0.05) is 13.1 Å². The third-order valence-corrected chi connectivity index (χ3v) is 3.74. The molecule has 0 atom stereocenters. The first kappa shape index (κ1) is 16.7. The van der Waals surface area contributed by atoms with E-state index in [9.17, 15) is 4.39 Å². The number of hydrogen-bond acceptors (Lipinski definition) is 1. The van der Waals surface area contributed by atoms with E-state index in [-0.39, 0.29) is 0 Å². The first-order valence-electron chi connectivity index (χ1n) is 8.02. The zero-order valence-corrected chi connectivity index (χ0v) is 13.6. The predicted molar refractivity (Wildman–Crippen MR) is 91.4 cm³/mol. The molecule has 0 unspecified atom stereocenters. The van der Waals surface area contributed by atoms with Crippen molar-refractivity contribution in [2.75, 3.05) is 6.54 Å². The Hall–Kier alpha value is -1.67. The summed E-state index contributed by atoms with van der Waals surface area (Å²) in [5.41, 5.74) is 1.53. The highest BCUT2D eigenvalue weighted by molar-refractivity contribution is 5.17. The maximum atomic E-state index is 13.7. The van der Waals surface area contributed by atoms with Crippen molar-refractivity contribution in [2.24, 2.45) is 0 Å². The van der Waals surface area contributed by atoms with E-state index in [1.807, 2.05) is 12.1 Å². The van der Waals surface area contributed by atoms with E-state index in [4.69, 9.17) is 0 Å². The van der Waals surface area contributed by atoms with Gasteiger partial charge in [0.25, 0.3) is 0 Å². The van der Waals surface area contributed by atoms with Crippen molar-refractivity contribution in [2.45, 2.75) is 45.4 Å². The second kappa shape index (κ2) is 8.09. The van der Waals surface area contributed by atoms with E-state index in [0.717, 1.165) is 26.1 Å². The van der Waals surface area contributed by atoms with Gasteiger partial charge in [0.15, 0.2) is 0 Å². The summed E-state index contributed by atoms with van der Waals surface area (Å²) < 4.78 is 13.7. The molecule has 2 aromatic rings. The van der Waals surface area contributed by atoms with Crippen molar-refractivity contribution in [3.05, 3.63) is 71.8 Å². The summed E-state index contributed by atoms with van der Waals surface area (Å²) in [5, 5.41) is 0. The lowest BCUT2D eigenvalue weighted by Crippen LogP contribution is -2.25. The van der Waals surface area contributed by atoms with Crippen LogP contribution in [-0.4, -0.2) is 17.1 Å². The van der Waals surface area contributed by atoms with Crippen molar-refractivity contribution in [3.63, 3.8) is 0 Å². The molecule has 0 aliphatic carbocycles. The zero-order valence-electron chi connectivity index (χ0n) is 13.6. The van der Waals surface area contributed by atoms with Gasteiger partial charge in [-0.3, -0.25) is 4.90 Å². The number of hydrogen-bond donors (Lipinski definition) is 0. The standard InChI is InChI=1S/C20H26FN/c1-20(2,21)14-9-15-22(16-18-10-5-3-6-11-18)17-19-12-7-4-8-13-19/h3-8,10-13H,9,14-17H2,1-2H3. The molecule has 118 valence electrons. The van der Waals surface area contributed by atoms with Crippen LogP contribution in [0.5, 0.6) is 0 Å². The van der Waals surface area contributed by atoms with Crippen LogP contribution in [0.15, 0.2) is 60.7 Å². The van der Waals surface area contributed by atoms with Crippen molar-refractivity contribution in [3.8, 4) is 0 Å². The van der Waals surface area contributed by atoms with Gasteiger partial charge in [-0.05, 0) is 44.4 Å². The molecule has 0 spiro atoms. The number of alkyl halides is 1. The highest BCUT2D eigenvalue weighted by Gasteiger charge is 2.16. The maximum absolute atomic E-state index is 13.7. The van der Waals surface area contributed by atoms with Gasteiger partial charge in [-0.2, -0.15) is 0 Å². The number of nitrogens with zero attached hydrogens (tertiary/aromatic N) is 1. The minimum atomic E-state index is -1.08. The van der Waals surface area contributed by atoms with Crippen LogP contribution in [0.1, 0.15) is 37.8 Å². The topological polar surface area (TPSA) is 3.24 Å². The molecule has 0 amide bonds. The summed E-state index contributed by atoms with van der Waals surface area (Å²) in [6.07, 6.45) is 1.48. The van der Waals surface area contributed by atoms with Crippen molar-refractivity contribution in [1.82, 2.24) is 4.90 Å². The van der Waals surface area contributed by atoms with Crippen LogP contribution < -0.4 is 0 Å². The summed E-state index contributed by atoms with van der Waals surface area (Å²) in [6, 6.07) is 21.0. The van der Waals surface area contributed by atoms with Crippen molar-refractivity contribution in [1.29, 1.82) is 0 Å². The Morgan fingerprint density at radius 1 is 0.818 bits per heavy atom. The van der Waals surface area contributed by atoms with E-state index < -0.39 is 5.67 Å². The lowest BCUT2D eigenvalue weighted by molar-refractivity contribution is 0.176. The summed E-state index contributed by atoms with van der Waals surface area (Å²) in [4.78, 5) is 2.40. The van der Waals surface area contributed by atoms with Crippen LogP contribution in [0, 0.1) is 0 Å². The number of rotatable bonds is 8. The third kappa shape index (κ3) is 6.40. The molecule has 2 heteroatoms. The molecule has 1 nitrogen and oxygen atoms in total. The SMILES string of the molecule is CC(C)(F)CCCN(Cc1ccccc1)Cc1ccccc1. The van der Waals surface area contributed by atoms with Crippen LogP contribution in [0.3, 0.4) is 0 Å². The van der Waals surface area contributed by atoms with Gasteiger partial charge < -0.3 is 0 Å². The zero-order chi connectivity index (χ0) is 15.8. The average Bonchev–Trinajstić information content (AvgIpc) is 2.48. The lowest BCUT2D eigenvalue weighted by Gasteiger charge is -2.24. The van der Waals surface area contributed by atoms with Gasteiger partial charge in [-0.25, -0.2) is 4.39 Å². The first-order valence-corrected chi connectivity index (χ1v) is 8.02. The lowest BCUT2D eigenvalue weighted by atomic mass is 10.0. The second-order valence-electron chi connectivity index (χ2n) is 6.50. The van der Waals surface area contributed by atoms with Crippen LogP contribution in [0.25, 0.3) is 0 Å². The molecule has 0 radical (unpaired) electrons. The fourth-order valence-corrected chi connectivity index (χ4v) is 2.62. The van der Waals surface area contributed by atoms with E-state index in [1.54, 1.807) is 13.8 Å². The fraction of sp³-hybridized carbons (Fsp3) is 0.400. The van der Waals surface area contributed by atoms with Gasteiger partial charge in [-0.1, -0.05) is 60.7 Å². The van der Waals surface area contributed by atoms with Gasteiger partial charge in [-0.15, -0.1) is 0 Å². The minimum absolute atomic E-state index is 0.604. The maximum Gasteiger partial charge on any atom is 0.105 e. The Morgan fingerprint density at radius 3 is 1.68 bits per heavy atom. The highest BCUT2D eigenvalue weighted by Crippen LogP contribution is 2.18. The minimum Gasteiger partial charge on any atom is -0.295 e. The van der Waals surface area contributed by atoms with E-state index in [2.05, 4.69) is 53.4 Å². The Bertz CT molecular complexity index is 489. The molecule has 0 aliphatic heterocycles. The summed E-state index contributed by atoms with van der Waals surface area (Å²) in [7, 11) is 0. The van der Waals surface area contributed by atoms with Crippen LogP contribution in [-0.2, 0) is 13.1 Å². The Morgan fingerprint density at radius 2 is 1.27 bits per heavy atom. The molecule has 0 heterocycles. The average molecular weight is 299 g/mol. The Balaban J connectivity index is 1.97. The van der Waals surface area contributed by atoms with Gasteiger partial charge >= 0.3 is 0 Å². The Kier molecular flexibility index (Phi) is 6.14. The molecule has 0 saturated heterocycles.